The van der Waals surface area contributed by atoms with Gasteiger partial charge in [-0.1, -0.05) is 41.4 Å². The Labute approximate surface area is 200 Å². The highest BCUT2D eigenvalue weighted by molar-refractivity contribution is 6.35. The molecule has 3 rings (SSSR count). The highest BCUT2D eigenvalue weighted by atomic mass is 35.5. The Hall–Kier alpha value is -3.36. The number of carbonyl (C=O) groups excluding carboxylic acids is 3. The molecular formula is C23H21Cl2N3O5. The summed E-state index contributed by atoms with van der Waals surface area (Å²) in [6, 6.07) is 8.76. The average molecular weight is 490 g/mol. The Morgan fingerprint density at radius 1 is 1.09 bits per heavy atom. The van der Waals surface area contributed by atoms with Crippen LogP contribution in [-0.2, 0) is 14.4 Å². The third-order valence-electron chi connectivity index (χ3n) is 5.08. The first-order valence-corrected chi connectivity index (χ1v) is 10.7. The Balaban J connectivity index is 1.84. The molecule has 1 aliphatic heterocycles. The molecule has 2 aromatic rings. The van der Waals surface area contributed by atoms with Gasteiger partial charge < -0.3 is 20.6 Å². The van der Waals surface area contributed by atoms with Crippen LogP contribution < -0.4 is 10.6 Å². The number of rotatable bonds is 6. The summed E-state index contributed by atoms with van der Waals surface area (Å²) in [6.45, 7) is 1.54. The molecule has 0 aromatic heterocycles. The summed E-state index contributed by atoms with van der Waals surface area (Å²) in [5.41, 5.74) is 2.26. The van der Waals surface area contributed by atoms with Crippen molar-refractivity contribution in [2.45, 2.75) is 25.4 Å². The van der Waals surface area contributed by atoms with E-state index in [4.69, 9.17) is 23.2 Å². The number of likely N-dealkylation sites (N-methyl/N-ethyl adjacent to an activating group) is 1. The van der Waals surface area contributed by atoms with E-state index in [0.29, 0.717) is 21.2 Å². The fraction of sp³-hybridized carbons (Fsp3) is 0.217. The third-order valence-corrected chi connectivity index (χ3v) is 5.51. The van der Waals surface area contributed by atoms with Crippen LogP contribution in [0.4, 0.5) is 4.79 Å². The maximum Gasteiger partial charge on any atom is 0.316 e. The number of carbonyl (C=O) groups is 4. The number of Topliss-reactive ketones (excluding diaryl/α,β-unsaturated/α-hetero) is 1. The fourth-order valence-corrected chi connectivity index (χ4v) is 4.03. The average Bonchev–Trinajstić information content (AvgIpc) is 2.74. The molecule has 10 heteroatoms. The molecule has 0 bridgehead atoms. The third kappa shape index (κ3) is 5.91. The minimum Gasteiger partial charge on any atom is -0.481 e. The molecule has 2 atom stereocenters. The van der Waals surface area contributed by atoms with Gasteiger partial charge in [-0.3, -0.25) is 14.4 Å². The van der Waals surface area contributed by atoms with Gasteiger partial charge in [-0.2, -0.15) is 0 Å². The van der Waals surface area contributed by atoms with Crippen molar-refractivity contribution in [1.29, 1.82) is 0 Å². The van der Waals surface area contributed by atoms with Crippen LogP contribution in [0.5, 0.6) is 0 Å². The van der Waals surface area contributed by atoms with Crippen LogP contribution >= 0.6 is 23.2 Å². The SMILES string of the molecule is CC1=CN(C)C(=O)C(NC(=O)NC(CC(=O)O)c2cccc(-c3cc(Cl)cc(Cl)c3)c2)C1=O. The minimum absolute atomic E-state index is 0.317. The summed E-state index contributed by atoms with van der Waals surface area (Å²) in [5.74, 6) is -2.25. The maximum absolute atomic E-state index is 12.6. The summed E-state index contributed by atoms with van der Waals surface area (Å²) in [4.78, 5) is 50.0. The molecule has 33 heavy (non-hydrogen) atoms. The van der Waals surface area contributed by atoms with Crippen molar-refractivity contribution in [1.82, 2.24) is 15.5 Å². The maximum atomic E-state index is 12.6. The molecule has 3 amide bonds. The highest BCUT2D eigenvalue weighted by Crippen LogP contribution is 2.29. The number of nitrogens with zero attached hydrogens (tertiary/aromatic N) is 1. The number of nitrogens with one attached hydrogen (secondary N) is 2. The van der Waals surface area contributed by atoms with Crippen molar-refractivity contribution < 1.29 is 24.3 Å². The number of urea groups is 1. The van der Waals surface area contributed by atoms with E-state index < -0.39 is 42.2 Å². The van der Waals surface area contributed by atoms with Crippen LogP contribution in [0.3, 0.4) is 0 Å². The van der Waals surface area contributed by atoms with Crippen molar-refractivity contribution >= 4 is 46.9 Å². The van der Waals surface area contributed by atoms with Gasteiger partial charge in [0.1, 0.15) is 0 Å². The van der Waals surface area contributed by atoms with Gasteiger partial charge in [0, 0.05) is 28.9 Å². The number of hydrogen-bond donors (Lipinski definition) is 3. The number of hydrogen-bond acceptors (Lipinski definition) is 4. The van der Waals surface area contributed by atoms with Gasteiger partial charge in [0.15, 0.2) is 11.8 Å². The lowest BCUT2D eigenvalue weighted by Gasteiger charge is -2.27. The van der Waals surface area contributed by atoms with Gasteiger partial charge in [0.05, 0.1) is 12.5 Å². The van der Waals surface area contributed by atoms with E-state index in [-0.39, 0.29) is 0 Å². The standard InChI is InChI=1S/C23H21Cl2N3O5/c1-12-11-28(2)22(32)20(21(12)31)27-23(33)26-18(10-19(29)30)14-5-3-4-13(6-14)15-7-16(24)9-17(25)8-15/h3-9,11,18,20H,10H2,1-2H3,(H,29,30)(H2,26,27,33). The fourth-order valence-electron chi connectivity index (χ4n) is 3.50. The predicted octanol–water partition coefficient (Wildman–Crippen LogP) is 3.79. The predicted molar refractivity (Wildman–Crippen MR) is 124 cm³/mol. The van der Waals surface area contributed by atoms with E-state index in [9.17, 15) is 24.3 Å². The van der Waals surface area contributed by atoms with Crippen LogP contribution in [0.15, 0.2) is 54.2 Å². The van der Waals surface area contributed by atoms with Crippen LogP contribution in [0.2, 0.25) is 10.0 Å². The van der Waals surface area contributed by atoms with E-state index in [0.717, 1.165) is 11.1 Å². The molecule has 0 fully saturated rings. The smallest absolute Gasteiger partial charge is 0.316 e. The Morgan fingerprint density at radius 3 is 2.39 bits per heavy atom. The highest BCUT2D eigenvalue weighted by Gasteiger charge is 2.35. The Kier molecular flexibility index (Phi) is 7.40. The molecule has 1 aliphatic rings. The van der Waals surface area contributed by atoms with Crippen LogP contribution in [0.25, 0.3) is 11.1 Å². The Bertz CT molecular complexity index is 1140. The lowest BCUT2D eigenvalue weighted by atomic mass is 9.97. The molecule has 172 valence electrons. The Morgan fingerprint density at radius 2 is 1.76 bits per heavy atom. The van der Waals surface area contributed by atoms with Crippen molar-refractivity contribution in [3.05, 3.63) is 69.8 Å². The molecule has 0 saturated heterocycles. The minimum atomic E-state index is -1.38. The van der Waals surface area contributed by atoms with Crippen LogP contribution in [0.1, 0.15) is 24.9 Å². The van der Waals surface area contributed by atoms with Gasteiger partial charge in [0.2, 0.25) is 0 Å². The van der Waals surface area contributed by atoms with E-state index >= 15 is 0 Å². The molecule has 0 spiro atoms. The van der Waals surface area contributed by atoms with Crippen LogP contribution in [-0.4, -0.2) is 46.8 Å². The van der Waals surface area contributed by atoms with Gasteiger partial charge >= 0.3 is 12.0 Å². The number of benzene rings is 2. The number of carboxylic acid groups (broad SMARTS) is 1. The number of carboxylic acids is 1. The molecular weight excluding hydrogens is 469 g/mol. The van der Waals surface area contributed by atoms with Gasteiger partial charge in [-0.25, -0.2) is 4.79 Å². The largest absolute Gasteiger partial charge is 0.481 e. The molecule has 2 aromatic carbocycles. The van der Waals surface area contributed by atoms with E-state index in [1.54, 1.807) is 49.4 Å². The van der Waals surface area contributed by atoms with Gasteiger partial charge in [-0.15, -0.1) is 0 Å². The zero-order chi connectivity index (χ0) is 24.3. The molecule has 3 N–H and O–H groups in total. The first-order chi connectivity index (χ1) is 15.5. The quantitative estimate of drug-likeness (QED) is 0.533. The molecule has 0 aliphatic carbocycles. The number of ketones is 1. The van der Waals surface area contributed by atoms with Crippen molar-refractivity contribution in [3.8, 4) is 11.1 Å². The lowest BCUT2D eigenvalue weighted by Crippen LogP contribution is -2.56. The van der Waals surface area contributed by atoms with E-state index in [1.807, 2.05) is 0 Å². The second-order valence-electron chi connectivity index (χ2n) is 7.61. The molecule has 0 saturated carbocycles. The molecule has 2 unspecified atom stereocenters. The summed E-state index contributed by atoms with van der Waals surface area (Å²) < 4.78 is 0. The molecule has 0 radical (unpaired) electrons. The number of aliphatic carboxylic acids is 1. The first-order valence-electron chi connectivity index (χ1n) is 9.89. The summed E-state index contributed by atoms with van der Waals surface area (Å²) in [5, 5.41) is 15.2. The van der Waals surface area contributed by atoms with Crippen molar-refractivity contribution in [3.63, 3.8) is 0 Å². The van der Waals surface area contributed by atoms with Crippen molar-refractivity contribution in [2.75, 3.05) is 7.05 Å². The molecule has 8 nitrogen and oxygen atoms in total. The van der Waals surface area contributed by atoms with E-state index in [2.05, 4.69) is 10.6 Å². The zero-order valence-electron chi connectivity index (χ0n) is 17.8. The van der Waals surface area contributed by atoms with Gasteiger partial charge in [-0.05, 0) is 47.9 Å². The summed E-state index contributed by atoms with van der Waals surface area (Å²) in [7, 11) is 1.48. The number of amides is 3. The topological polar surface area (TPSA) is 116 Å². The van der Waals surface area contributed by atoms with E-state index in [1.165, 1.54) is 18.1 Å². The van der Waals surface area contributed by atoms with Crippen LogP contribution in [0, 0.1) is 0 Å². The number of halogens is 2. The van der Waals surface area contributed by atoms with Gasteiger partial charge in [0.25, 0.3) is 5.91 Å². The first kappa shape index (κ1) is 24.3. The normalized spacial score (nSPS) is 16.8. The summed E-state index contributed by atoms with van der Waals surface area (Å²) >= 11 is 12.2. The summed E-state index contributed by atoms with van der Waals surface area (Å²) in [6.07, 6.45) is 0.972. The second kappa shape index (κ2) is 10.1. The monoisotopic (exact) mass is 489 g/mol. The van der Waals surface area contributed by atoms with Crippen molar-refractivity contribution in [2.24, 2.45) is 0 Å². The molecule has 1 heterocycles. The lowest BCUT2D eigenvalue weighted by molar-refractivity contribution is -0.138. The second-order valence-corrected chi connectivity index (χ2v) is 8.48. The zero-order valence-corrected chi connectivity index (χ0v) is 19.3.